The summed E-state index contributed by atoms with van der Waals surface area (Å²) in [7, 11) is 1.78. The summed E-state index contributed by atoms with van der Waals surface area (Å²) in [6.45, 7) is 10.4. The van der Waals surface area contributed by atoms with Gasteiger partial charge in [0.25, 0.3) is 0 Å². The maximum atomic E-state index is 5.39. The van der Waals surface area contributed by atoms with Crippen LogP contribution < -0.4 is 0 Å². The number of benzene rings is 1. The molecule has 0 amide bonds. The maximum absolute atomic E-state index is 5.39. The van der Waals surface area contributed by atoms with Crippen LogP contribution in [0.15, 0.2) is 30.3 Å². The van der Waals surface area contributed by atoms with Crippen molar-refractivity contribution in [1.82, 2.24) is 0 Å². The molecule has 0 saturated heterocycles. The molecule has 19 heavy (non-hydrogen) atoms. The van der Waals surface area contributed by atoms with E-state index in [4.69, 9.17) is 4.74 Å². The van der Waals surface area contributed by atoms with E-state index in [0.29, 0.717) is 0 Å². The maximum Gasteiger partial charge on any atom is 0.0622 e. The van der Waals surface area contributed by atoms with Gasteiger partial charge in [-0.3, -0.25) is 0 Å². The zero-order valence-corrected chi connectivity index (χ0v) is 13.5. The monoisotopic (exact) mass is 262 g/mol. The Labute approximate surface area is 119 Å². The van der Waals surface area contributed by atoms with Gasteiger partial charge in [0, 0.05) is 7.11 Å². The van der Waals surface area contributed by atoms with Gasteiger partial charge >= 0.3 is 0 Å². The SMILES string of the molecule is CC.COC(C)(C)CCC/C=C/c1cccc(C)c1. The van der Waals surface area contributed by atoms with Crippen molar-refractivity contribution in [3.8, 4) is 0 Å². The van der Waals surface area contributed by atoms with Crippen molar-refractivity contribution >= 4 is 6.08 Å². The lowest BCUT2D eigenvalue weighted by molar-refractivity contribution is 0.0141. The Hall–Kier alpha value is -1.08. The molecule has 0 aliphatic carbocycles. The fourth-order valence-corrected chi connectivity index (χ4v) is 1.74. The van der Waals surface area contributed by atoms with E-state index in [9.17, 15) is 0 Å². The smallest absolute Gasteiger partial charge is 0.0622 e. The zero-order valence-electron chi connectivity index (χ0n) is 13.5. The molecule has 0 bridgehead atoms. The third kappa shape index (κ3) is 8.61. The molecule has 0 atom stereocenters. The average molecular weight is 262 g/mol. The van der Waals surface area contributed by atoms with Crippen LogP contribution in [-0.4, -0.2) is 12.7 Å². The minimum atomic E-state index is 0.0111. The molecule has 0 saturated carbocycles. The summed E-state index contributed by atoms with van der Waals surface area (Å²) in [5.41, 5.74) is 2.61. The fourth-order valence-electron chi connectivity index (χ4n) is 1.74. The van der Waals surface area contributed by atoms with Gasteiger partial charge in [-0.05, 0) is 45.6 Å². The molecule has 0 fully saturated rings. The Kier molecular flexibility index (Phi) is 9.24. The van der Waals surface area contributed by atoms with Gasteiger partial charge in [-0.15, -0.1) is 0 Å². The highest BCUT2D eigenvalue weighted by Crippen LogP contribution is 2.17. The number of aryl methyl sites for hydroxylation is 1. The second kappa shape index (κ2) is 9.80. The normalized spacial score (nSPS) is 11.3. The van der Waals surface area contributed by atoms with Gasteiger partial charge < -0.3 is 4.74 Å². The highest BCUT2D eigenvalue weighted by molar-refractivity contribution is 5.49. The molecule has 0 aliphatic heterocycles. The Morgan fingerprint density at radius 1 is 1.21 bits per heavy atom. The number of unbranched alkanes of at least 4 members (excludes halogenated alkanes) is 1. The van der Waals surface area contributed by atoms with E-state index in [1.807, 2.05) is 13.8 Å². The molecule has 0 spiro atoms. The van der Waals surface area contributed by atoms with E-state index in [0.717, 1.165) is 12.8 Å². The molecule has 1 heteroatoms. The molecular weight excluding hydrogens is 232 g/mol. The third-order valence-corrected chi connectivity index (χ3v) is 3.05. The van der Waals surface area contributed by atoms with Crippen molar-refractivity contribution in [1.29, 1.82) is 0 Å². The molecule has 0 aliphatic rings. The first-order chi connectivity index (χ1) is 9.03. The van der Waals surface area contributed by atoms with Gasteiger partial charge in [-0.1, -0.05) is 55.8 Å². The lowest BCUT2D eigenvalue weighted by atomic mass is 10.0. The van der Waals surface area contributed by atoms with Crippen molar-refractivity contribution in [3.63, 3.8) is 0 Å². The highest BCUT2D eigenvalue weighted by Gasteiger charge is 2.14. The molecule has 1 aromatic rings. The number of hydrogen-bond donors (Lipinski definition) is 0. The highest BCUT2D eigenvalue weighted by atomic mass is 16.5. The number of allylic oxidation sites excluding steroid dienone is 1. The van der Waals surface area contributed by atoms with Gasteiger partial charge in [0.1, 0.15) is 0 Å². The Morgan fingerprint density at radius 3 is 2.47 bits per heavy atom. The van der Waals surface area contributed by atoms with E-state index < -0.39 is 0 Å². The fraction of sp³-hybridized carbons (Fsp3) is 0.556. The molecule has 1 aromatic carbocycles. The van der Waals surface area contributed by atoms with E-state index in [1.54, 1.807) is 7.11 Å². The molecule has 0 N–H and O–H groups in total. The number of ether oxygens (including phenoxy) is 1. The summed E-state index contributed by atoms with van der Waals surface area (Å²) in [5.74, 6) is 0. The van der Waals surface area contributed by atoms with Crippen LogP contribution in [0.4, 0.5) is 0 Å². The minimum Gasteiger partial charge on any atom is -0.379 e. The Balaban J connectivity index is 0.00000154. The third-order valence-electron chi connectivity index (χ3n) is 3.05. The summed E-state index contributed by atoms with van der Waals surface area (Å²) >= 11 is 0. The predicted molar refractivity (Wildman–Crippen MR) is 86.5 cm³/mol. The summed E-state index contributed by atoms with van der Waals surface area (Å²) in [5, 5.41) is 0. The molecule has 0 heterocycles. The molecule has 1 nitrogen and oxygen atoms in total. The van der Waals surface area contributed by atoms with Crippen LogP contribution in [0.3, 0.4) is 0 Å². The molecule has 0 unspecified atom stereocenters. The van der Waals surface area contributed by atoms with Crippen LogP contribution in [0.1, 0.15) is 58.1 Å². The number of methoxy groups -OCH3 is 1. The second-order valence-electron chi connectivity index (χ2n) is 5.17. The van der Waals surface area contributed by atoms with Gasteiger partial charge in [-0.2, -0.15) is 0 Å². The first kappa shape index (κ1) is 17.9. The van der Waals surface area contributed by atoms with E-state index in [2.05, 4.69) is 57.2 Å². The van der Waals surface area contributed by atoms with Crippen LogP contribution in [-0.2, 0) is 4.74 Å². The molecular formula is C18H30O. The van der Waals surface area contributed by atoms with E-state index >= 15 is 0 Å². The first-order valence-corrected chi connectivity index (χ1v) is 7.32. The molecule has 0 aromatic heterocycles. The van der Waals surface area contributed by atoms with Gasteiger partial charge in [0.05, 0.1) is 5.60 Å². The molecule has 1 rings (SSSR count). The van der Waals surface area contributed by atoms with Gasteiger partial charge in [0.2, 0.25) is 0 Å². The summed E-state index contributed by atoms with van der Waals surface area (Å²) in [6.07, 6.45) is 7.83. The summed E-state index contributed by atoms with van der Waals surface area (Å²) < 4.78 is 5.39. The largest absolute Gasteiger partial charge is 0.379 e. The van der Waals surface area contributed by atoms with Crippen LogP contribution in [0, 0.1) is 6.92 Å². The van der Waals surface area contributed by atoms with Crippen LogP contribution in [0.25, 0.3) is 6.08 Å². The lowest BCUT2D eigenvalue weighted by Crippen LogP contribution is -2.21. The van der Waals surface area contributed by atoms with Crippen molar-refractivity contribution in [2.24, 2.45) is 0 Å². The van der Waals surface area contributed by atoms with Gasteiger partial charge in [-0.25, -0.2) is 0 Å². The first-order valence-electron chi connectivity index (χ1n) is 7.32. The van der Waals surface area contributed by atoms with Gasteiger partial charge in [0.15, 0.2) is 0 Å². The average Bonchev–Trinajstić information content (AvgIpc) is 2.41. The predicted octanol–water partition coefficient (Wildman–Crippen LogP) is 5.63. The zero-order chi connectivity index (χ0) is 14.7. The van der Waals surface area contributed by atoms with Crippen molar-refractivity contribution < 1.29 is 4.74 Å². The van der Waals surface area contributed by atoms with E-state index in [1.165, 1.54) is 17.5 Å². The standard InChI is InChI=1S/C16H24O.C2H6/c1-14-9-8-11-15(13-14)10-6-5-7-12-16(2,3)17-4;1-2/h6,8-11,13H,5,7,12H2,1-4H3;1-2H3/b10-6+;. The topological polar surface area (TPSA) is 9.23 Å². The molecule has 0 radical (unpaired) electrons. The quantitative estimate of drug-likeness (QED) is 0.604. The summed E-state index contributed by atoms with van der Waals surface area (Å²) in [4.78, 5) is 0. The van der Waals surface area contributed by atoms with Crippen molar-refractivity contribution in [2.75, 3.05) is 7.11 Å². The molecule has 108 valence electrons. The van der Waals surface area contributed by atoms with Crippen LogP contribution >= 0.6 is 0 Å². The number of hydrogen-bond acceptors (Lipinski definition) is 1. The minimum absolute atomic E-state index is 0.0111. The number of rotatable bonds is 6. The van der Waals surface area contributed by atoms with Crippen LogP contribution in [0.2, 0.25) is 0 Å². The lowest BCUT2D eigenvalue weighted by Gasteiger charge is -2.22. The Bertz CT molecular complexity index is 364. The second-order valence-corrected chi connectivity index (χ2v) is 5.17. The summed E-state index contributed by atoms with van der Waals surface area (Å²) in [6, 6.07) is 8.57. The Morgan fingerprint density at radius 2 is 1.89 bits per heavy atom. The van der Waals surface area contributed by atoms with E-state index in [-0.39, 0.29) is 5.60 Å². The van der Waals surface area contributed by atoms with Crippen molar-refractivity contribution in [3.05, 3.63) is 41.5 Å². The van der Waals surface area contributed by atoms with Crippen LogP contribution in [0.5, 0.6) is 0 Å². The van der Waals surface area contributed by atoms with Crippen molar-refractivity contribution in [2.45, 2.75) is 59.5 Å².